The first kappa shape index (κ1) is 11.1. The molecule has 88 valence electrons. The van der Waals surface area contributed by atoms with Crippen LogP contribution in [0.2, 0.25) is 0 Å². The van der Waals surface area contributed by atoms with E-state index in [1.54, 1.807) is 7.11 Å². The van der Waals surface area contributed by atoms with Gasteiger partial charge in [0.05, 0.1) is 24.6 Å². The van der Waals surface area contributed by atoms with E-state index in [-0.39, 0.29) is 6.10 Å². The Bertz CT molecular complexity index is 368. The molecule has 1 unspecified atom stereocenters. The lowest BCUT2D eigenvalue weighted by Crippen LogP contribution is -2.38. The Morgan fingerprint density at radius 3 is 3.00 bits per heavy atom. The highest BCUT2D eigenvalue weighted by Gasteiger charge is 2.19. The van der Waals surface area contributed by atoms with Crippen molar-refractivity contribution < 1.29 is 9.84 Å². The molecule has 1 aromatic carbocycles. The van der Waals surface area contributed by atoms with E-state index in [0.717, 1.165) is 36.5 Å². The third-order valence-electron chi connectivity index (χ3n) is 2.97. The zero-order valence-corrected chi connectivity index (χ0v) is 9.52. The lowest BCUT2D eigenvalue weighted by molar-refractivity contribution is 0.154. The van der Waals surface area contributed by atoms with Gasteiger partial charge in [0.2, 0.25) is 0 Å². The Morgan fingerprint density at radius 2 is 2.31 bits per heavy atom. The van der Waals surface area contributed by atoms with Crippen molar-refractivity contribution in [3.05, 3.63) is 18.2 Å². The van der Waals surface area contributed by atoms with Crippen molar-refractivity contribution in [2.24, 2.45) is 0 Å². The predicted molar refractivity (Wildman–Crippen MR) is 64.9 cm³/mol. The number of nitrogens with zero attached hydrogens (tertiary/aromatic N) is 1. The number of piperidine rings is 1. The maximum Gasteiger partial charge on any atom is 0.121 e. The maximum absolute atomic E-state index is 9.64. The molecule has 2 rings (SSSR count). The van der Waals surface area contributed by atoms with Crippen LogP contribution in [0.3, 0.4) is 0 Å². The minimum absolute atomic E-state index is 0.251. The molecular weight excluding hydrogens is 204 g/mol. The fourth-order valence-electron chi connectivity index (χ4n) is 2.10. The quantitative estimate of drug-likeness (QED) is 0.739. The number of hydrogen-bond donors (Lipinski definition) is 2. The summed E-state index contributed by atoms with van der Waals surface area (Å²) in [5, 5.41) is 9.64. The second-order valence-corrected chi connectivity index (χ2v) is 4.17. The number of benzene rings is 1. The average Bonchev–Trinajstić information content (AvgIpc) is 2.30. The zero-order chi connectivity index (χ0) is 11.5. The molecule has 1 fully saturated rings. The van der Waals surface area contributed by atoms with E-state index in [9.17, 15) is 5.11 Å². The van der Waals surface area contributed by atoms with Crippen molar-refractivity contribution in [2.45, 2.75) is 18.9 Å². The predicted octanol–water partition coefficient (Wildman–Crippen LogP) is 1.24. The highest BCUT2D eigenvalue weighted by Crippen LogP contribution is 2.30. The normalized spacial score (nSPS) is 20.9. The minimum atomic E-state index is -0.251. The highest BCUT2D eigenvalue weighted by molar-refractivity contribution is 5.69. The van der Waals surface area contributed by atoms with E-state index in [1.165, 1.54) is 0 Å². The van der Waals surface area contributed by atoms with Crippen LogP contribution >= 0.6 is 0 Å². The average molecular weight is 222 g/mol. The van der Waals surface area contributed by atoms with Crippen molar-refractivity contribution in [2.75, 3.05) is 30.8 Å². The van der Waals surface area contributed by atoms with Crippen LogP contribution in [0.4, 0.5) is 11.4 Å². The van der Waals surface area contributed by atoms with Crippen LogP contribution in [-0.4, -0.2) is 31.4 Å². The van der Waals surface area contributed by atoms with Crippen LogP contribution in [0.15, 0.2) is 18.2 Å². The number of aliphatic hydroxyl groups is 1. The third kappa shape index (κ3) is 2.22. The molecule has 4 heteroatoms. The summed E-state index contributed by atoms with van der Waals surface area (Å²) >= 11 is 0. The molecule has 4 nitrogen and oxygen atoms in total. The molecule has 0 aliphatic carbocycles. The molecule has 1 aliphatic rings. The van der Waals surface area contributed by atoms with Gasteiger partial charge in [0.25, 0.3) is 0 Å². The number of hydrogen-bond acceptors (Lipinski definition) is 4. The summed E-state index contributed by atoms with van der Waals surface area (Å²) < 4.78 is 5.18. The third-order valence-corrected chi connectivity index (χ3v) is 2.97. The second-order valence-electron chi connectivity index (χ2n) is 4.17. The number of nitrogens with two attached hydrogens (primary N) is 1. The summed E-state index contributed by atoms with van der Waals surface area (Å²) in [6, 6.07) is 5.61. The first-order chi connectivity index (χ1) is 7.70. The van der Waals surface area contributed by atoms with Gasteiger partial charge >= 0.3 is 0 Å². The summed E-state index contributed by atoms with van der Waals surface area (Å²) in [6.45, 7) is 1.59. The van der Waals surface area contributed by atoms with E-state index in [2.05, 4.69) is 4.90 Å². The SMILES string of the molecule is COc1ccc(N)c(N2CCCC(O)C2)c1. The molecule has 0 spiro atoms. The summed E-state index contributed by atoms with van der Waals surface area (Å²) in [7, 11) is 1.64. The molecule has 3 N–H and O–H groups in total. The fourth-order valence-corrected chi connectivity index (χ4v) is 2.10. The van der Waals surface area contributed by atoms with Crippen LogP contribution < -0.4 is 15.4 Å². The first-order valence-corrected chi connectivity index (χ1v) is 5.57. The molecule has 0 radical (unpaired) electrons. The van der Waals surface area contributed by atoms with Crippen LogP contribution in [-0.2, 0) is 0 Å². The molecular formula is C12H18N2O2. The van der Waals surface area contributed by atoms with E-state index >= 15 is 0 Å². The number of rotatable bonds is 2. The van der Waals surface area contributed by atoms with Gasteiger partial charge in [-0.2, -0.15) is 0 Å². The molecule has 0 amide bonds. The van der Waals surface area contributed by atoms with Gasteiger partial charge in [-0.25, -0.2) is 0 Å². The standard InChI is InChI=1S/C12H18N2O2/c1-16-10-4-5-11(13)12(7-10)14-6-2-3-9(15)8-14/h4-5,7,9,15H,2-3,6,8,13H2,1H3. The number of nitrogen functional groups attached to an aromatic ring is 1. The van der Waals surface area contributed by atoms with Crippen molar-refractivity contribution >= 4 is 11.4 Å². The summed E-state index contributed by atoms with van der Waals surface area (Å²) in [4.78, 5) is 2.12. The number of ether oxygens (including phenoxy) is 1. The highest BCUT2D eigenvalue weighted by atomic mass is 16.5. The van der Waals surface area contributed by atoms with E-state index < -0.39 is 0 Å². The molecule has 0 bridgehead atoms. The van der Waals surface area contributed by atoms with Gasteiger partial charge < -0.3 is 20.5 Å². The van der Waals surface area contributed by atoms with Crippen LogP contribution in [0, 0.1) is 0 Å². The molecule has 0 saturated carbocycles. The van der Waals surface area contributed by atoms with Gasteiger partial charge in [0.1, 0.15) is 5.75 Å². The van der Waals surface area contributed by atoms with Crippen molar-refractivity contribution in [1.29, 1.82) is 0 Å². The van der Waals surface area contributed by atoms with Crippen molar-refractivity contribution in [1.82, 2.24) is 0 Å². The molecule has 1 heterocycles. The van der Waals surface area contributed by atoms with Gasteiger partial charge in [-0.3, -0.25) is 0 Å². The van der Waals surface area contributed by atoms with Gasteiger partial charge in [0, 0.05) is 19.2 Å². The smallest absolute Gasteiger partial charge is 0.121 e. The summed E-state index contributed by atoms with van der Waals surface area (Å²) in [5.41, 5.74) is 7.63. The largest absolute Gasteiger partial charge is 0.497 e. The van der Waals surface area contributed by atoms with E-state index in [4.69, 9.17) is 10.5 Å². The monoisotopic (exact) mass is 222 g/mol. The Balaban J connectivity index is 2.24. The lowest BCUT2D eigenvalue weighted by Gasteiger charge is -2.32. The molecule has 1 atom stereocenters. The fraction of sp³-hybridized carbons (Fsp3) is 0.500. The number of anilines is 2. The van der Waals surface area contributed by atoms with Crippen LogP contribution in [0.1, 0.15) is 12.8 Å². The van der Waals surface area contributed by atoms with Crippen molar-refractivity contribution in [3.63, 3.8) is 0 Å². The molecule has 1 aliphatic heterocycles. The molecule has 1 aromatic rings. The maximum atomic E-state index is 9.64. The van der Waals surface area contributed by atoms with Gasteiger partial charge in [-0.05, 0) is 25.0 Å². The zero-order valence-electron chi connectivity index (χ0n) is 9.52. The number of methoxy groups -OCH3 is 1. The topological polar surface area (TPSA) is 58.7 Å². The van der Waals surface area contributed by atoms with Gasteiger partial charge in [0.15, 0.2) is 0 Å². The number of aliphatic hydroxyl groups excluding tert-OH is 1. The Kier molecular flexibility index (Phi) is 3.19. The van der Waals surface area contributed by atoms with Crippen molar-refractivity contribution in [3.8, 4) is 5.75 Å². The van der Waals surface area contributed by atoms with E-state index in [0.29, 0.717) is 6.54 Å². The summed E-state index contributed by atoms with van der Waals surface area (Å²) in [6.07, 6.45) is 1.62. The van der Waals surface area contributed by atoms with Gasteiger partial charge in [-0.15, -0.1) is 0 Å². The van der Waals surface area contributed by atoms with E-state index in [1.807, 2.05) is 18.2 Å². The molecule has 1 saturated heterocycles. The molecule has 16 heavy (non-hydrogen) atoms. The Labute approximate surface area is 95.6 Å². The molecule has 0 aromatic heterocycles. The van der Waals surface area contributed by atoms with Crippen LogP contribution in [0.5, 0.6) is 5.75 Å². The minimum Gasteiger partial charge on any atom is -0.497 e. The first-order valence-electron chi connectivity index (χ1n) is 5.57. The summed E-state index contributed by atoms with van der Waals surface area (Å²) in [5.74, 6) is 0.796. The second kappa shape index (κ2) is 4.61. The van der Waals surface area contributed by atoms with Gasteiger partial charge in [-0.1, -0.05) is 0 Å². The lowest BCUT2D eigenvalue weighted by atomic mass is 10.1. The Morgan fingerprint density at radius 1 is 1.50 bits per heavy atom. The van der Waals surface area contributed by atoms with Crippen LogP contribution in [0.25, 0.3) is 0 Å². The number of β-amino-alcohol motifs (C(OH)–C–C–N with tert-alkyl or cyclic N) is 1. The Hall–Kier alpha value is -1.42.